The summed E-state index contributed by atoms with van der Waals surface area (Å²) < 4.78 is 23.5. The number of esters is 1. The number of carbonyl (C=O) groups is 4. The monoisotopic (exact) mass is 704 g/mol. The molecule has 1 unspecified atom stereocenters. The van der Waals surface area contributed by atoms with E-state index in [1.807, 2.05) is 91.0 Å². The third kappa shape index (κ3) is 7.96. The number of ether oxygens (including phenoxy) is 4. The molecule has 1 aliphatic heterocycles. The molecule has 2 N–H and O–H groups in total. The number of carboxylic acids is 1. The Morgan fingerprint density at radius 3 is 1.92 bits per heavy atom. The number of amides is 2. The standard InChI is InChI=1S/C41H40N2O9/c1-5-25-50-40-41(49-4,39(48)43(40)34(27(2)3)37(45)46)42-36(44)33(29-21-23-32(24-22-29)51-26-28-15-9-6-10-16-28)38(47)52-35(30-17-11-7-12-18-30)31-19-13-8-14-20-31/h5-24,33,35,40H,1,25-26H2,2-4H3,(H,42,44)(H,45,46)/t33?,40-,41+/m1/s1. The van der Waals surface area contributed by atoms with Crippen molar-refractivity contribution < 1.29 is 43.2 Å². The summed E-state index contributed by atoms with van der Waals surface area (Å²) in [6, 6.07) is 34.1. The zero-order valence-corrected chi connectivity index (χ0v) is 29.1. The molecule has 1 fully saturated rings. The molecular formula is C41H40N2O9. The third-order valence-electron chi connectivity index (χ3n) is 8.44. The van der Waals surface area contributed by atoms with Crippen LogP contribution in [0.4, 0.5) is 0 Å². The molecule has 0 radical (unpaired) electrons. The van der Waals surface area contributed by atoms with Crippen molar-refractivity contribution in [2.45, 2.75) is 44.4 Å². The number of nitrogens with one attached hydrogen (secondary N) is 1. The number of methoxy groups -OCH3 is 1. The highest BCUT2D eigenvalue weighted by Crippen LogP contribution is 2.39. The van der Waals surface area contributed by atoms with Crippen LogP contribution in [0.1, 0.15) is 48.1 Å². The molecule has 0 aliphatic carbocycles. The van der Waals surface area contributed by atoms with Gasteiger partial charge in [-0.05, 0) is 53.8 Å². The summed E-state index contributed by atoms with van der Waals surface area (Å²) in [5.74, 6) is -5.26. The van der Waals surface area contributed by atoms with Crippen LogP contribution >= 0.6 is 0 Å². The van der Waals surface area contributed by atoms with Crippen LogP contribution in [0.3, 0.4) is 0 Å². The molecule has 11 nitrogen and oxygen atoms in total. The molecule has 5 rings (SSSR count). The van der Waals surface area contributed by atoms with E-state index in [2.05, 4.69) is 11.9 Å². The van der Waals surface area contributed by atoms with Gasteiger partial charge in [-0.15, -0.1) is 6.58 Å². The van der Waals surface area contributed by atoms with E-state index in [9.17, 15) is 24.3 Å². The smallest absolute Gasteiger partial charge is 0.352 e. The maximum absolute atomic E-state index is 14.4. The first-order valence-corrected chi connectivity index (χ1v) is 16.5. The van der Waals surface area contributed by atoms with E-state index in [1.54, 1.807) is 24.3 Å². The zero-order chi connectivity index (χ0) is 37.3. The number of carboxylic acid groups (broad SMARTS) is 1. The molecule has 0 aromatic heterocycles. The lowest BCUT2D eigenvalue weighted by Crippen LogP contribution is -2.82. The Kier molecular flexibility index (Phi) is 12.0. The van der Waals surface area contributed by atoms with Gasteiger partial charge in [0.25, 0.3) is 11.6 Å². The van der Waals surface area contributed by atoms with Crippen molar-refractivity contribution >= 4 is 23.8 Å². The quantitative estimate of drug-likeness (QED) is 0.0365. The average Bonchev–Trinajstić information content (AvgIpc) is 3.16. The van der Waals surface area contributed by atoms with Gasteiger partial charge in [-0.1, -0.05) is 109 Å². The van der Waals surface area contributed by atoms with Gasteiger partial charge in [0.05, 0.1) is 6.61 Å². The molecule has 11 heteroatoms. The Morgan fingerprint density at radius 2 is 1.42 bits per heavy atom. The normalized spacial score (nSPS) is 17.0. The Balaban J connectivity index is 1.51. The van der Waals surface area contributed by atoms with Crippen LogP contribution in [0.2, 0.25) is 0 Å². The predicted octanol–water partition coefficient (Wildman–Crippen LogP) is 5.89. The van der Waals surface area contributed by atoms with Gasteiger partial charge in [-0.2, -0.15) is 0 Å². The fourth-order valence-corrected chi connectivity index (χ4v) is 5.90. The Bertz CT molecular complexity index is 1870. The molecule has 3 atom stereocenters. The molecule has 268 valence electrons. The summed E-state index contributed by atoms with van der Waals surface area (Å²) in [7, 11) is 1.18. The number of rotatable bonds is 16. The van der Waals surface area contributed by atoms with Crippen LogP contribution in [0.15, 0.2) is 139 Å². The van der Waals surface area contributed by atoms with Gasteiger partial charge in [-0.25, -0.2) is 4.79 Å². The van der Waals surface area contributed by atoms with Crippen molar-refractivity contribution in [3.05, 3.63) is 161 Å². The first-order valence-electron chi connectivity index (χ1n) is 16.5. The van der Waals surface area contributed by atoms with Crippen molar-refractivity contribution in [1.29, 1.82) is 0 Å². The minimum absolute atomic E-state index is 0.114. The number of hydrogen-bond donors (Lipinski definition) is 2. The lowest BCUT2D eigenvalue weighted by atomic mass is 9.92. The van der Waals surface area contributed by atoms with E-state index in [-0.39, 0.29) is 17.9 Å². The number of hydrogen-bond acceptors (Lipinski definition) is 8. The number of nitrogens with zero attached hydrogens (tertiary/aromatic N) is 1. The van der Waals surface area contributed by atoms with E-state index in [0.717, 1.165) is 10.5 Å². The Morgan fingerprint density at radius 1 is 0.865 bits per heavy atom. The summed E-state index contributed by atoms with van der Waals surface area (Å²) in [6.07, 6.45) is -0.892. The van der Waals surface area contributed by atoms with Gasteiger partial charge < -0.3 is 29.4 Å². The number of aliphatic carboxylic acids is 1. The lowest BCUT2D eigenvalue weighted by molar-refractivity contribution is -0.253. The minimum Gasteiger partial charge on any atom is -0.489 e. The molecule has 0 saturated carbocycles. The highest BCUT2D eigenvalue weighted by Gasteiger charge is 2.66. The molecule has 0 spiro atoms. The van der Waals surface area contributed by atoms with Crippen LogP contribution in [0.25, 0.3) is 0 Å². The fraction of sp³-hybridized carbons (Fsp3) is 0.220. The van der Waals surface area contributed by atoms with Crippen molar-refractivity contribution in [3.8, 4) is 5.75 Å². The Labute approximate surface area is 302 Å². The summed E-state index contributed by atoms with van der Waals surface area (Å²) in [4.78, 5) is 55.7. The molecule has 1 aliphatic rings. The topological polar surface area (TPSA) is 141 Å². The largest absolute Gasteiger partial charge is 0.489 e. The van der Waals surface area contributed by atoms with E-state index in [0.29, 0.717) is 29.1 Å². The molecule has 4 aromatic rings. The molecule has 0 bridgehead atoms. The molecule has 4 aromatic carbocycles. The van der Waals surface area contributed by atoms with Crippen molar-refractivity contribution in [3.63, 3.8) is 0 Å². The van der Waals surface area contributed by atoms with Crippen molar-refractivity contribution in [2.24, 2.45) is 0 Å². The summed E-state index contributed by atoms with van der Waals surface area (Å²) in [5.41, 5.74) is 0.325. The zero-order valence-electron chi connectivity index (χ0n) is 29.1. The van der Waals surface area contributed by atoms with Crippen molar-refractivity contribution in [2.75, 3.05) is 13.7 Å². The maximum atomic E-state index is 14.4. The number of allylic oxidation sites excluding steroid dienone is 1. The number of benzene rings is 4. The number of carbonyl (C=O) groups excluding carboxylic acids is 3. The summed E-state index contributed by atoms with van der Waals surface area (Å²) in [5, 5.41) is 12.5. The van der Waals surface area contributed by atoms with Gasteiger partial charge in [0.2, 0.25) is 5.91 Å². The van der Waals surface area contributed by atoms with Gasteiger partial charge >= 0.3 is 11.9 Å². The molecule has 2 amide bonds. The summed E-state index contributed by atoms with van der Waals surface area (Å²) in [6.45, 7) is 6.88. The number of likely N-dealkylation sites (tertiary alicyclic amines) is 1. The lowest BCUT2D eigenvalue weighted by Gasteiger charge is -2.53. The molecule has 1 saturated heterocycles. The van der Waals surface area contributed by atoms with Crippen LogP contribution in [-0.4, -0.2) is 59.4 Å². The van der Waals surface area contributed by atoms with Gasteiger partial charge in [0.15, 0.2) is 18.2 Å². The highest BCUT2D eigenvalue weighted by molar-refractivity contribution is 6.08. The van der Waals surface area contributed by atoms with Gasteiger partial charge in [0, 0.05) is 7.11 Å². The van der Waals surface area contributed by atoms with Crippen LogP contribution in [-0.2, 0) is 40.0 Å². The molecule has 52 heavy (non-hydrogen) atoms. The van der Waals surface area contributed by atoms with E-state index >= 15 is 0 Å². The van der Waals surface area contributed by atoms with Gasteiger partial charge in [0.1, 0.15) is 18.1 Å². The second-order valence-electron chi connectivity index (χ2n) is 12.1. The van der Waals surface area contributed by atoms with E-state index in [4.69, 9.17) is 18.9 Å². The summed E-state index contributed by atoms with van der Waals surface area (Å²) >= 11 is 0. The van der Waals surface area contributed by atoms with Crippen molar-refractivity contribution in [1.82, 2.24) is 10.2 Å². The minimum atomic E-state index is -2.19. The number of β-lactam (4-membered cyclic amide) rings is 1. The second-order valence-corrected chi connectivity index (χ2v) is 12.1. The molecule has 1 heterocycles. The van der Waals surface area contributed by atoms with Crippen LogP contribution in [0.5, 0.6) is 5.75 Å². The van der Waals surface area contributed by atoms with Gasteiger partial charge in [-0.3, -0.25) is 19.3 Å². The molecular weight excluding hydrogens is 664 g/mol. The highest BCUT2D eigenvalue weighted by atomic mass is 16.6. The predicted molar refractivity (Wildman–Crippen MR) is 191 cm³/mol. The average molecular weight is 705 g/mol. The van der Waals surface area contributed by atoms with E-state index < -0.39 is 47.7 Å². The van der Waals surface area contributed by atoms with E-state index in [1.165, 1.54) is 27.0 Å². The second kappa shape index (κ2) is 16.8. The first kappa shape index (κ1) is 37.2. The first-order chi connectivity index (χ1) is 25.1. The fourth-order valence-electron chi connectivity index (χ4n) is 5.90. The SMILES string of the molecule is C=CCO[C@H]1N(C(C(=O)O)=C(C)C)C(=O)[C@]1(NC(=O)C(C(=O)OC(c1ccccc1)c1ccccc1)c1ccc(OCc2ccccc2)cc1)OC. The van der Waals surface area contributed by atoms with Crippen LogP contribution < -0.4 is 10.1 Å². The third-order valence-corrected chi connectivity index (χ3v) is 8.44. The Hall–Kier alpha value is -6.04. The van der Waals surface area contributed by atoms with Crippen LogP contribution in [0, 0.1) is 0 Å². The maximum Gasteiger partial charge on any atom is 0.352 e.